The highest BCUT2D eigenvalue weighted by molar-refractivity contribution is 5.97. The number of methoxy groups -OCH3 is 2. The summed E-state index contributed by atoms with van der Waals surface area (Å²) in [7, 11) is 4.85. The quantitative estimate of drug-likeness (QED) is 0.306. The number of hydrogen-bond donors (Lipinski definition) is 3. The fraction of sp³-hybridized carbons (Fsp3) is 0.469. The summed E-state index contributed by atoms with van der Waals surface area (Å²) in [5.41, 5.74) is 1.50. The van der Waals surface area contributed by atoms with Gasteiger partial charge in [0.15, 0.2) is 5.78 Å². The second-order valence-corrected chi connectivity index (χ2v) is 11.9. The van der Waals surface area contributed by atoms with Crippen LogP contribution in [-0.2, 0) is 20.8 Å². The molecule has 0 aliphatic carbocycles. The van der Waals surface area contributed by atoms with Crippen molar-refractivity contribution < 1.29 is 23.9 Å². The number of nitrogens with one attached hydrogen (secondary N) is 3. The summed E-state index contributed by atoms with van der Waals surface area (Å²) in [6.07, 6.45) is 2.78. The molecule has 2 amide bonds. The highest BCUT2D eigenvalue weighted by atomic mass is 16.5. The smallest absolute Gasteiger partial charge is 0.246 e. The molecule has 11 nitrogen and oxygen atoms in total. The van der Waals surface area contributed by atoms with E-state index >= 15 is 0 Å². The Morgan fingerprint density at radius 3 is 2.47 bits per heavy atom. The number of carbonyl (C=O) groups excluding carboxylic acids is 3. The molecule has 230 valence electrons. The van der Waals surface area contributed by atoms with Crippen molar-refractivity contribution in [2.45, 2.75) is 65.1 Å². The maximum Gasteiger partial charge on any atom is 0.246 e. The normalized spacial score (nSPS) is 16.4. The van der Waals surface area contributed by atoms with Crippen LogP contribution in [0.5, 0.6) is 11.5 Å². The van der Waals surface area contributed by atoms with Gasteiger partial charge in [-0.1, -0.05) is 32.9 Å². The monoisotopic (exact) mass is 590 g/mol. The SMILES string of the molecule is CN[C@@H](C)C(=O)N[C@H](C(=O)N1CCC[C@H]1C(=O)Cc1cc2c(Nc3ccccc3OC)ncnc2cc1OC)C(C)(C)C. The van der Waals surface area contributed by atoms with Gasteiger partial charge in [-0.25, -0.2) is 9.97 Å². The molecule has 0 unspecified atom stereocenters. The largest absolute Gasteiger partial charge is 0.496 e. The number of ether oxygens (including phenoxy) is 2. The number of para-hydroxylation sites is 2. The van der Waals surface area contributed by atoms with Crippen LogP contribution in [0.25, 0.3) is 10.9 Å². The van der Waals surface area contributed by atoms with Gasteiger partial charge < -0.3 is 30.3 Å². The average molecular weight is 591 g/mol. The van der Waals surface area contributed by atoms with Crippen LogP contribution in [0.15, 0.2) is 42.7 Å². The lowest BCUT2D eigenvalue weighted by atomic mass is 9.85. The molecule has 1 aliphatic rings. The molecule has 4 rings (SSSR count). The number of anilines is 2. The van der Waals surface area contributed by atoms with Gasteiger partial charge >= 0.3 is 0 Å². The summed E-state index contributed by atoms with van der Waals surface area (Å²) < 4.78 is 11.1. The van der Waals surface area contributed by atoms with E-state index < -0.39 is 23.5 Å². The predicted molar refractivity (Wildman–Crippen MR) is 166 cm³/mol. The van der Waals surface area contributed by atoms with Crippen molar-refractivity contribution in [2.24, 2.45) is 5.41 Å². The number of likely N-dealkylation sites (N-methyl/N-ethyl adjacent to an activating group) is 1. The molecule has 11 heteroatoms. The zero-order valence-electron chi connectivity index (χ0n) is 26.0. The Balaban J connectivity index is 1.61. The maximum atomic E-state index is 13.9. The summed E-state index contributed by atoms with van der Waals surface area (Å²) in [5, 5.41) is 9.86. The minimum atomic E-state index is -0.778. The fourth-order valence-corrected chi connectivity index (χ4v) is 5.32. The topological polar surface area (TPSA) is 135 Å². The number of carbonyl (C=O) groups is 3. The number of amides is 2. The van der Waals surface area contributed by atoms with Crippen LogP contribution in [0.3, 0.4) is 0 Å². The number of Topliss-reactive ketones (excluding diaryl/α,β-unsaturated/α-hetero) is 1. The third kappa shape index (κ3) is 7.05. The van der Waals surface area contributed by atoms with E-state index in [-0.39, 0.29) is 24.0 Å². The molecule has 0 radical (unpaired) electrons. The first kappa shape index (κ1) is 31.7. The summed E-state index contributed by atoms with van der Waals surface area (Å²) in [5.74, 6) is 1.14. The van der Waals surface area contributed by atoms with Crippen LogP contribution >= 0.6 is 0 Å². The summed E-state index contributed by atoms with van der Waals surface area (Å²) in [6.45, 7) is 7.91. The Hall–Kier alpha value is -4.25. The summed E-state index contributed by atoms with van der Waals surface area (Å²) in [4.78, 5) is 50.9. The lowest BCUT2D eigenvalue weighted by molar-refractivity contribution is -0.143. The lowest BCUT2D eigenvalue weighted by Gasteiger charge is -2.36. The molecule has 2 aromatic carbocycles. The van der Waals surface area contributed by atoms with E-state index in [0.29, 0.717) is 53.2 Å². The van der Waals surface area contributed by atoms with Crippen molar-refractivity contribution in [1.29, 1.82) is 0 Å². The van der Waals surface area contributed by atoms with E-state index in [9.17, 15) is 14.4 Å². The molecular formula is C32H42N6O5. The van der Waals surface area contributed by atoms with Gasteiger partial charge in [-0.05, 0) is 50.4 Å². The standard InChI is InChI=1S/C32H42N6O5/c1-19(33-5)30(40)37-28(32(2,3)4)31(41)38-14-10-12-24(38)25(39)16-20-15-21-23(17-27(20)43-7)34-18-35-29(21)36-22-11-8-9-13-26(22)42-6/h8-9,11,13,15,17-19,24,28,33H,10,12,14,16H2,1-7H3,(H,37,40)(H,34,35,36)/t19-,24-,28+/m0/s1. The van der Waals surface area contributed by atoms with Crippen LogP contribution in [-0.4, -0.2) is 78.4 Å². The van der Waals surface area contributed by atoms with Crippen molar-refractivity contribution >= 4 is 40.0 Å². The number of aromatic nitrogens is 2. The van der Waals surface area contributed by atoms with Gasteiger partial charge in [0.05, 0.1) is 37.5 Å². The van der Waals surface area contributed by atoms with E-state index in [4.69, 9.17) is 9.47 Å². The number of ketones is 1. The second-order valence-electron chi connectivity index (χ2n) is 11.9. The third-order valence-corrected chi connectivity index (χ3v) is 7.90. The minimum Gasteiger partial charge on any atom is -0.496 e. The second kappa shape index (κ2) is 13.4. The molecule has 3 atom stereocenters. The Morgan fingerprint density at radius 2 is 1.79 bits per heavy atom. The first-order valence-electron chi connectivity index (χ1n) is 14.5. The Kier molecular flexibility index (Phi) is 9.85. The molecular weight excluding hydrogens is 548 g/mol. The molecule has 0 saturated carbocycles. The molecule has 43 heavy (non-hydrogen) atoms. The Morgan fingerprint density at radius 1 is 1.07 bits per heavy atom. The molecule has 3 N–H and O–H groups in total. The molecule has 1 fully saturated rings. The van der Waals surface area contributed by atoms with Gasteiger partial charge in [0.25, 0.3) is 0 Å². The fourth-order valence-electron chi connectivity index (χ4n) is 5.32. The van der Waals surface area contributed by atoms with Crippen LogP contribution in [0.1, 0.15) is 46.1 Å². The van der Waals surface area contributed by atoms with Crippen molar-refractivity contribution in [1.82, 2.24) is 25.5 Å². The molecule has 3 aromatic rings. The maximum absolute atomic E-state index is 13.9. The van der Waals surface area contributed by atoms with Crippen LogP contribution < -0.4 is 25.4 Å². The predicted octanol–water partition coefficient (Wildman–Crippen LogP) is 3.63. The summed E-state index contributed by atoms with van der Waals surface area (Å²) in [6, 6.07) is 9.33. The first-order chi connectivity index (χ1) is 20.5. The van der Waals surface area contributed by atoms with E-state index in [1.54, 1.807) is 39.2 Å². The zero-order valence-corrected chi connectivity index (χ0v) is 26.0. The highest BCUT2D eigenvalue weighted by Crippen LogP contribution is 2.34. The highest BCUT2D eigenvalue weighted by Gasteiger charge is 2.42. The van der Waals surface area contributed by atoms with E-state index in [1.165, 1.54) is 6.33 Å². The molecule has 1 aliphatic heterocycles. The average Bonchev–Trinajstić information content (AvgIpc) is 3.49. The Labute approximate surface area is 252 Å². The molecule has 1 saturated heterocycles. The first-order valence-corrected chi connectivity index (χ1v) is 14.5. The number of hydrogen-bond acceptors (Lipinski definition) is 9. The number of rotatable bonds is 11. The van der Waals surface area contributed by atoms with Crippen LogP contribution in [0, 0.1) is 5.41 Å². The van der Waals surface area contributed by atoms with Crippen molar-refractivity contribution in [3.05, 3.63) is 48.3 Å². The van der Waals surface area contributed by atoms with E-state index in [0.717, 1.165) is 5.69 Å². The lowest BCUT2D eigenvalue weighted by Crippen LogP contribution is -2.58. The third-order valence-electron chi connectivity index (χ3n) is 7.90. The van der Waals surface area contributed by atoms with Crippen molar-refractivity contribution in [3.8, 4) is 11.5 Å². The molecule has 0 bridgehead atoms. The van der Waals surface area contributed by atoms with Gasteiger partial charge in [0, 0.05) is 30.0 Å². The minimum absolute atomic E-state index is 0.0554. The van der Waals surface area contributed by atoms with Gasteiger partial charge in [-0.2, -0.15) is 0 Å². The Bertz CT molecular complexity index is 1490. The number of fused-ring (bicyclic) bond motifs is 1. The van der Waals surface area contributed by atoms with Gasteiger partial charge in [-0.15, -0.1) is 0 Å². The van der Waals surface area contributed by atoms with Gasteiger partial charge in [-0.3, -0.25) is 14.4 Å². The van der Waals surface area contributed by atoms with Crippen LogP contribution in [0.2, 0.25) is 0 Å². The van der Waals surface area contributed by atoms with Crippen LogP contribution in [0.4, 0.5) is 11.5 Å². The molecule has 1 aromatic heterocycles. The molecule has 0 spiro atoms. The van der Waals surface area contributed by atoms with Gasteiger partial charge in [0.2, 0.25) is 11.8 Å². The number of benzene rings is 2. The van der Waals surface area contributed by atoms with Crippen molar-refractivity contribution in [3.63, 3.8) is 0 Å². The van der Waals surface area contributed by atoms with E-state index in [2.05, 4.69) is 25.9 Å². The molecule has 2 heterocycles. The zero-order chi connectivity index (χ0) is 31.3. The van der Waals surface area contributed by atoms with E-state index in [1.807, 2.05) is 51.1 Å². The number of likely N-dealkylation sites (tertiary alicyclic amines) is 1. The summed E-state index contributed by atoms with van der Waals surface area (Å²) >= 11 is 0. The van der Waals surface area contributed by atoms with Gasteiger partial charge in [0.1, 0.15) is 29.7 Å². The number of nitrogens with zero attached hydrogens (tertiary/aromatic N) is 3. The van der Waals surface area contributed by atoms with Crippen molar-refractivity contribution in [2.75, 3.05) is 33.1 Å².